The minimum Gasteiger partial charge on any atom is -0.494 e. The Balaban J connectivity index is 2.05. The maximum Gasteiger partial charge on any atom is 0.263 e. The second-order valence-corrected chi connectivity index (χ2v) is 6.69. The Morgan fingerprint density at radius 1 is 1.30 bits per heavy atom. The fourth-order valence-electron chi connectivity index (χ4n) is 1.50. The highest BCUT2D eigenvalue weighted by molar-refractivity contribution is 7.93. The number of aromatic nitrogens is 1. The van der Waals surface area contributed by atoms with Crippen LogP contribution in [0.4, 0.5) is 5.13 Å². The topological polar surface area (TPSA) is 68.3 Å². The lowest BCUT2D eigenvalue weighted by Crippen LogP contribution is -2.12. The highest BCUT2D eigenvalue weighted by Crippen LogP contribution is 2.20. The molecule has 0 bridgehead atoms. The van der Waals surface area contributed by atoms with Crippen LogP contribution in [0.25, 0.3) is 0 Å². The molecule has 2 aromatic rings. The molecule has 7 heteroatoms. The number of nitrogens with one attached hydrogen (secondary N) is 1. The highest BCUT2D eigenvalue weighted by Gasteiger charge is 2.15. The van der Waals surface area contributed by atoms with E-state index in [-0.39, 0.29) is 4.90 Å². The molecule has 1 heterocycles. The molecular formula is C13H16N2O3S2. The number of anilines is 1. The Morgan fingerprint density at radius 2 is 2.05 bits per heavy atom. The molecule has 0 saturated carbocycles. The number of unbranched alkanes of at least 4 members (excludes halogenated alkanes) is 1. The predicted molar refractivity (Wildman–Crippen MR) is 79.8 cm³/mol. The first kappa shape index (κ1) is 14.8. The standard InChI is InChI=1S/C13H16N2O3S2/c1-2-3-9-18-11-4-6-12(7-5-11)20(16,17)15-13-14-8-10-19-13/h4-8,10H,2-3,9H2,1H3,(H,14,15). The van der Waals surface area contributed by atoms with Crippen molar-refractivity contribution in [3.05, 3.63) is 35.8 Å². The van der Waals surface area contributed by atoms with Crippen LogP contribution in [-0.4, -0.2) is 20.0 Å². The third-order valence-electron chi connectivity index (χ3n) is 2.55. The van der Waals surface area contributed by atoms with Gasteiger partial charge in [-0.3, -0.25) is 4.72 Å². The van der Waals surface area contributed by atoms with Gasteiger partial charge in [0.1, 0.15) is 5.75 Å². The minimum absolute atomic E-state index is 0.190. The number of ether oxygens (including phenoxy) is 1. The van der Waals surface area contributed by atoms with Gasteiger partial charge < -0.3 is 4.74 Å². The van der Waals surface area contributed by atoms with Gasteiger partial charge in [-0.05, 0) is 30.7 Å². The van der Waals surface area contributed by atoms with Crippen molar-refractivity contribution in [2.45, 2.75) is 24.7 Å². The molecule has 0 atom stereocenters. The van der Waals surface area contributed by atoms with Gasteiger partial charge in [-0.15, -0.1) is 11.3 Å². The lowest BCUT2D eigenvalue weighted by molar-refractivity contribution is 0.309. The molecule has 0 amide bonds. The van der Waals surface area contributed by atoms with Gasteiger partial charge >= 0.3 is 0 Å². The summed E-state index contributed by atoms with van der Waals surface area (Å²) in [5, 5.41) is 2.07. The van der Waals surface area contributed by atoms with Gasteiger partial charge in [0, 0.05) is 11.6 Å². The lowest BCUT2D eigenvalue weighted by atomic mass is 10.3. The molecule has 2 rings (SSSR count). The Morgan fingerprint density at radius 3 is 2.65 bits per heavy atom. The zero-order valence-electron chi connectivity index (χ0n) is 11.1. The Hall–Kier alpha value is -1.60. The van der Waals surface area contributed by atoms with E-state index in [1.165, 1.54) is 23.5 Å². The van der Waals surface area contributed by atoms with Gasteiger partial charge in [0.25, 0.3) is 10.0 Å². The largest absolute Gasteiger partial charge is 0.494 e. The molecule has 0 aliphatic rings. The van der Waals surface area contributed by atoms with Crippen molar-refractivity contribution >= 4 is 26.5 Å². The quantitative estimate of drug-likeness (QED) is 0.798. The fraction of sp³-hybridized carbons (Fsp3) is 0.308. The zero-order chi connectivity index (χ0) is 14.4. The summed E-state index contributed by atoms with van der Waals surface area (Å²) in [5.41, 5.74) is 0. The molecule has 108 valence electrons. The van der Waals surface area contributed by atoms with Gasteiger partial charge in [-0.1, -0.05) is 13.3 Å². The van der Waals surface area contributed by atoms with E-state index in [1.807, 2.05) is 0 Å². The average Bonchev–Trinajstić information content (AvgIpc) is 2.92. The van der Waals surface area contributed by atoms with Gasteiger partial charge in [-0.2, -0.15) is 0 Å². The molecule has 1 N–H and O–H groups in total. The molecule has 5 nitrogen and oxygen atoms in total. The van der Waals surface area contributed by atoms with Crippen LogP contribution in [0.1, 0.15) is 19.8 Å². The number of sulfonamides is 1. The number of rotatable bonds is 7. The van der Waals surface area contributed by atoms with Crippen molar-refractivity contribution in [3.63, 3.8) is 0 Å². The van der Waals surface area contributed by atoms with Crippen molar-refractivity contribution in [2.75, 3.05) is 11.3 Å². The number of nitrogens with zero attached hydrogens (tertiary/aromatic N) is 1. The number of benzene rings is 1. The van der Waals surface area contributed by atoms with Crippen molar-refractivity contribution in [2.24, 2.45) is 0 Å². The second kappa shape index (κ2) is 6.71. The fourth-order valence-corrected chi connectivity index (χ4v) is 3.29. The van der Waals surface area contributed by atoms with Crippen LogP contribution in [0.5, 0.6) is 5.75 Å². The maximum absolute atomic E-state index is 12.1. The molecule has 0 aliphatic carbocycles. The molecule has 1 aromatic carbocycles. The summed E-state index contributed by atoms with van der Waals surface area (Å²) in [6.45, 7) is 2.73. The van der Waals surface area contributed by atoms with Gasteiger partial charge in [0.15, 0.2) is 5.13 Å². The van der Waals surface area contributed by atoms with E-state index in [0.717, 1.165) is 12.8 Å². The first-order valence-electron chi connectivity index (χ1n) is 6.27. The van der Waals surface area contributed by atoms with Crippen LogP contribution >= 0.6 is 11.3 Å². The van der Waals surface area contributed by atoms with Crippen molar-refractivity contribution in [3.8, 4) is 5.75 Å². The molecule has 0 radical (unpaired) electrons. The molecular weight excluding hydrogens is 296 g/mol. The number of hydrogen-bond acceptors (Lipinski definition) is 5. The summed E-state index contributed by atoms with van der Waals surface area (Å²) >= 11 is 1.24. The van der Waals surface area contributed by atoms with E-state index in [0.29, 0.717) is 17.5 Å². The molecule has 0 unspecified atom stereocenters. The van der Waals surface area contributed by atoms with Gasteiger partial charge in [-0.25, -0.2) is 13.4 Å². The van der Waals surface area contributed by atoms with Crippen LogP contribution in [0.15, 0.2) is 40.7 Å². The molecule has 0 saturated heterocycles. The zero-order valence-corrected chi connectivity index (χ0v) is 12.7. The normalized spacial score (nSPS) is 11.2. The first-order valence-corrected chi connectivity index (χ1v) is 8.63. The SMILES string of the molecule is CCCCOc1ccc(S(=O)(=O)Nc2nccs2)cc1. The van der Waals surface area contributed by atoms with Crippen LogP contribution < -0.4 is 9.46 Å². The number of hydrogen-bond donors (Lipinski definition) is 1. The first-order chi connectivity index (χ1) is 9.62. The summed E-state index contributed by atoms with van der Waals surface area (Å²) in [4.78, 5) is 4.09. The van der Waals surface area contributed by atoms with Crippen LogP contribution in [-0.2, 0) is 10.0 Å². The minimum atomic E-state index is -3.58. The number of thiazole rings is 1. The third kappa shape index (κ3) is 3.94. The maximum atomic E-state index is 12.1. The summed E-state index contributed by atoms with van der Waals surface area (Å²) in [6.07, 6.45) is 3.59. The lowest BCUT2D eigenvalue weighted by Gasteiger charge is -2.07. The predicted octanol–water partition coefficient (Wildman–Crippen LogP) is 3.12. The Bertz CT molecular complexity index is 622. The van der Waals surface area contributed by atoms with E-state index in [4.69, 9.17) is 4.74 Å². The Kier molecular flexibility index (Phi) is 4.97. The van der Waals surface area contributed by atoms with Crippen LogP contribution in [0.2, 0.25) is 0 Å². The second-order valence-electron chi connectivity index (χ2n) is 4.12. The van der Waals surface area contributed by atoms with Crippen LogP contribution in [0, 0.1) is 0 Å². The van der Waals surface area contributed by atoms with Gasteiger partial charge in [0.05, 0.1) is 11.5 Å². The molecule has 0 spiro atoms. The monoisotopic (exact) mass is 312 g/mol. The molecule has 20 heavy (non-hydrogen) atoms. The smallest absolute Gasteiger partial charge is 0.263 e. The summed E-state index contributed by atoms with van der Waals surface area (Å²) < 4.78 is 32.1. The molecule has 1 aromatic heterocycles. The average molecular weight is 312 g/mol. The van der Waals surface area contributed by atoms with Gasteiger partial charge in [0.2, 0.25) is 0 Å². The third-order valence-corrected chi connectivity index (χ3v) is 4.73. The molecule has 0 aliphatic heterocycles. The summed E-state index contributed by atoms with van der Waals surface area (Å²) in [5.74, 6) is 0.673. The summed E-state index contributed by atoms with van der Waals surface area (Å²) in [6, 6.07) is 6.37. The van der Waals surface area contributed by atoms with Crippen molar-refractivity contribution in [1.29, 1.82) is 0 Å². The van der Waals surface area contributed by atoms with E-state index in [9.17, 15) is 8.42 Å². The van der Waals surface area contributed by atoms with E-state index < -0.39 is 10.0 Å². The molecule has 0 fully saturated rings. The van der Waals surface area contributed by atoms with Crippen molar-refractivity contribution < 1.29 is 13.2 Å². The summed E-state index contributed by atoms with van der Waals surface area (Å²) in [7, 11) is -3.58. The Labute approximate surface area is 122 Å². The van der Waals surface area contributed by atoms with Crippen molar-refractivity contribution in [1.82, 2.24) is 4.98 Å². The van der Waals surface area contributed by atoms with E-state index in [1.54, 1.807) is 23.7 Å². The van der Waals surface area contributed by atoms with Crippen LogP contribution in [0.3, 0.4) is 0 Å². The van der Waals surface area contributed by atoms with E-state index >= 15 is 0 Å². The highest BCUT2D eigenvalue weighted by atomic mass is 32.2. The van der Waals surface area contributed by atoms with E-state index in [2.05, 4.69) is 16.6 Å².